The molecule has 1 saturated heterocycles. The van der Waals surface area contributed by atoms with Crippen molar-refractivity contribution >= 4 is 5.91 Å². The van der Waals surface area contributed by atoms with Crippen molar-refractivity contribution < 1.29 is 22.4 Å². The van der Waals surface area contributed by atoms with Gasteiger partial charge in [0.05, 0.1) is 11.1 Å². The third-order valence-corrected chi connectivity index (χ3v) is 3.37. The van der Waals surface area contributed by atoms with Crippen molar-refractivity contribution in [3.05, 3.63) is 35.1 Å². The van der Waals surface area contributed by atoms with Crippen molar-refractivity contribution in [2.24, 2.45) is 0 Å². The molecule has 2 rings (SSSR count). The molecule has 1 aliphatic heterocycles. The molecule has 0 saturated carbocycles. The second-order valence-corrected chi connectivity index (χ2v) is 5.37. The number of carbonyl (C=O) groups excluding carboxylic acids is 1. The lowest BCUT2D eigenvalue weighted by Crippen LogP contribution is -2.55. The molecule has 21 heavy (non-hydrogen) atoms. The number of piperazine rings is 1. The fourth-order valence-corrected chi connectivity index (χ4v) is 2.53. The normalized spacial score (nSPS) is 23.2. The fraction of sp³-hybridized carbons (Fsp3) is 0.500. The summed E-state index contributed by atoms with van der Waals surface area (Å²) in [6.07, 6.45) is -4.60. The van der Waals surface area contributed by atoms with E-state index in [9.17, 15) is 22.4 Å². The SMILES string of the molecule is CC1CN(C(=O)c2cc(C(F)(F)F)ccc2F)CC(C)N1. The minimum absolute atomic E-state index is 0.00607. The van der Waals surface area contributed by atoms with E-state index >= 15 is 0 Å². The zero-order valence-electron chi connectivity index (χ0n) is 11.7. The van der Waals surface area contributed by atoms with E-state index in [2.05, 4.69) is 5.32 Å². The van der Waals surface area contributed by atoms with Gasteiger partial charge in [-0.1, -0.05) is 0 Å². The topological polar surface area (TPSA) is 32.3 Å². The Kier molecular flexibility index (Phi) is 4.22. The second-order valence-electron chi connectivity index (χ2n) is 5.37. The van der Waals surface area contributed by atoms with Crippen molar-refractivity contribution in [3.63, 3.8) is 0 Å². The van der Waals surface area contributed by atoms with Crippen LogP contribution in [-0.4, -0.2) is 36.0 Å². The summed E-state index contributed by atoms with van der Waals surface area (Å²) in [5, 5.41) is 3.20. The molecule has 0 aromatic heterocycles. The van der Waals surface area contributed by atoms with Gasteiger partial charge in [0, 0.05) is 25.2 Å². The Bertz CT molecular complexity index is 534. The lowest BCUT2D eigenvalue weighted by Gasteiger charge is -2.36. The molecule has 7 heteroatoms. The largest absolute Gasteiger partial charge is 0.416 e. The molecule has 2 unspecified atom stereocenters. The number of benzene rings is 1. The van der Waals surface area contributed by atoms with Gasteiger partial charge in [-0.3, -0.25) is 4.79 Å². The lowest BCUT2D eigenvalue weighted by atomic mass is 10.1. The van der Waals surface area contributed by atoms with Crippen LogP contribution in [0.5, 0.6) is 0 Å². The van der Waals surface area contributed by atoms with Crippen LogP contribution in [0.4, 0.5) is 17.6 Å². The first-order chi connectivity index (χ1) is 9.68. The van der Waals surface area contributed by atoms with Crippen LogP contribution in [0.15, 0.2) is 18.2 Å². The average Bonchev–Trinajstić information content (AvgIpc) is 2.36. The molecule has 0 spiro atoms. The summed E-state index contributed by atoms with van der Waals surface area (Å²) in [5.41, 5.74) is -1.56. The van der Waals surface area contributed by atoms with Gasteiger partial charge in [-0.2, -0.15) is 13.2 Å². The van der Waals surface area contributed by atoms with E-state index in [4.69, 9.17) is 0 Å². The maximum atomic E-state index is 13.7. The van der Waals surface area contributed by atoms with E-state index in [1.165, 1.54) is 4.90 Å². The Balaban J connectivity index is 2.30. The van der Waals surface area contributed by atoms with Crippen LogP contribution in [0, 0.1) is 5.82 Å². The molecule has 0 aliphatic carbocycles. The zero-order valence-corrected chi connectivity index (χ0v) is 11.7. The molecule has 1 fully saturated rings. The van der Waals surface area contributed by atoms with Crippen LogP contribution >= 0.6 is 0 Å². The monoisotopic (exact) mass is 304 g/mol. The Morgan fingerprint density at radius 1 is 1.24 bits per heavy atom. The maximum Gasteiger partial charge on any atom is 0.416 e. The summed E-state index contributed by atoms with van der Waals surface area (Å²) >= 11 is 0. The van der Waals surface area contributed by atoms with Gasteiger partial charge in [0.2, 0.25) is 0 Å². The summed E-state index contributed by atoms with van der Waals surface area (Å²) in [5.74, 6) is -1.65. The van der Waals surface area contributed by atoms with E-state index in [1.54, 1.807) is 0 Å². The third-order valence-electron chi connectivity index (χ3n) is 3.37. The molecule has 2 atom stereocenters. The van der Waals surface area contributed by atoms with Crippen LogP contribution < -0.4 is 5.32 Å². The second kappa shape index (κ2) is 5.63. The van der Waals surface area contributed by atoms with Crippen LogP contribution in [0.2, 0.25) is 0 Å². The molecule has 1 heterocycles. The molecular formula is C14H16F4N2O. The van der Waals surface area contributed by atoms with Crippen LogP contribution in [0.25, 0.3) is 0 Å². The van der Waals surface area contributed by atoms with Gasteiger partial charge in [0.25, 0.3) is 5.91 Å². The highest BCUT2D eigenvalue weighted by Gasteiger charge is 2.33. The fourth-order valence-electron chi connectivity index (χ4n) is 2.53. The van der Waals surface area contributed by atoms with Gasteiger partial charge in [-0.05, 0) is 32.0 Å². The summed E-state index contributed by atoms with van der Waals surface area (Å²) in [6.45, 7) is 4.38. The Morgan fingerprint density at radius 3 is 2.33 bits per heavy atom. The Hall–Kier alpha value is -1.63. The number of rotatable bonds is 1. The van der Waals surface area contributed by atoms with E-state index < -0.39 is 29.0 Å². The molecule has 0 radical (unpaired) electrons. The molecule has 0 bridgehead atoms. The van der Waals surface area contributed by atoms with E-state index in [0.29, 0.717) is 31.3 Å². The molecule has 1 aliphatic rings. The summed E-state index contributed by atoms with van der Waals surface area (Å²) < 4.78 is 51.7. The highest BCUT2D eigenvalue weighted by molar-refractivity contribution is 5.94. The minimum Gasteiger partial charge on any atom is -0.335 e. The van der Waals surface area contributed by atoms with Gasteiger partial charge in [0.15, 0.2) is 0 Å². The standard InChI is InChI=1S/C14H16F4N2O/c1-8-6-20(7-9(2)19-8)13(21)11-5-10(14(16,17)18)3-4-12(11)15/h3-5,8-9,19H,6-7H2,1-2H3. The highest BCUT2D eigenvalue weighted by atomic mass is 19.4. The summed E-state index contributed by atoms with van der Waals surface area (Å²) in [7, 11) is 0. The minimum atomic E-state index is -4.60. The van der Waals surface area contributed by atoms with Crippen LogP contribution in [-0.2, 0) is 6.18 Å². The molecular weight excluding hydrogens is 288 g/mol. The first-order valence-corrected chi connectivity index (χ1v) is 6.60. The van der Waals surface area contributed by atoms with Gasteiger partial charge in [0.1, 0.15) is 5.82 Å². The van der Waals surface area contributed by atoms with E-state index in [0.717, 1.165) is 0 Å². The van der Waals surface area contributed by atoms with Crippen LogP contribution in [0.1, 0.15) is 29.8 Å². The first kappa shape index (κ1) is 15.8. The number of hydrogen-bond acceptors (Lipinski definition) is 2. The van der Waals surface area contributed by atoms with E-state index in [-0.39, 0.29) is 12.1 Å². The first-order valence-electron chi connectivity index (χ1n) is 6.60. The zero-order chi connectivity index (χ0) is 15.8. The number of nitrogens with one attached hydrogen (secondary N) is 1. The smallest absolute Gasteiger partial charge is 0.335 e. The average molecular weight is 304 g/mol. The Morgan fingerprint density at radius 2 is 1.81 bits per heavy atom. The molecule has 1 aromatic carbocycles. The van der Waals surface area contributed by atoms with Gasteiger partial charge in [-0.15, -0.1) is 0 Å². The number of amides is 1. The van der Waals surface area contributed by atoms with Gasteiger partial charge >= 0.3 is 6.18 Å². The van der Waals surface area contributed by atoms with E-state index in [1.807, 2.05) is 13.8 Å². The van der Waals surface area contributed by atoms with Crippen molar-refractivity contribution in [2.75, 3.05) is 13.1 Å². The molecule has 1 N–H and O–H groups in total. The Labute approximate surface area is 119 Å². The molecule has 3 nitrogen and oxygen atoms in total. The molecule has 1 amide bonds. The summed E-state index contributed by atoms with van der Waals surface area (Å²) in [4.78, 5) is 13.7. The predicted octanol–water partition coefficient (Wildman–Crippen LogP) is 2.67. The van der Waals surface area contributed by atoms with Crippen LogP contribution in [0.3, 0.4) is 0 Å². The van der Waals surface area contributed by atoms with Crippen molar-refractivity contribution in [2.45, 2.75) is 32.1 Å². The van der Waals surface area contributed by atoms with Gasteiger partial charge in [-0.25, -0.2) is 4.39 Å². The van der Waals surface area contributed by atoms with Crippen molar-refractivity contribution in [1.82, 2.24) is 10.2 Å². The van der Waals surface area contributed by atoms with Crippen molar-refractivity contribution in [1.29, 1.82) is 0 Å². The number of nitrogens with zero attached hydrogens (tertiary/aromatic N) is 1. The van der Waals surface area contributed by atoms with Gasteiger partial charge < -0.3 is 10.2 Å². The number of hydrogen-bond donors (Lipinski definition) is 1. The third kappa shape index (κ3) is 3.53. The highest BCUT2D eigenvalue weighted by Crippen LogP contribution is 2.30. The predicted molar refractivity (Wildman–Crippen MR) is 69.4 cm³/mol. The maximum absolute atomic E-state index is 13.7. The summed E-state index contributed by atoms with van der Waals surface area (Å²) in [6, 6.07) is 1.91. The lowest BCUT2D eigenvalue weighted by molar-refractivity contribution is -0.137. The molecule has 116 valence electrons. The number of alkyl halides is 3. The number of halogens is 4. The quantitative estimate of drug-likeness (QED) is 0.809. The number of carbonyl (C=O) groups is 1. The van der Waals surface area contributed by atoms with Crippen molar-refractivity contribution in [3.8, 4) is 0 Å². The molecule has 1 aromatic rings.